The number of rotatable bonds is 2. The molecule has 3 heteroatoms. The van der Waals surface area contributed by atoms with Gasteiger partial charge in [-0.3, -0.25) is 0 Å². The maximum absolute atomic E-state index is 14.4. The number of allylic oxidation sites excluding steroid dienone is 3. The molecule has 2 aromatic carbocycles. The van der Waals surface area contributed by atoms with E-state index >= 15 is 0 Å². The highest BCUT2D eigenvalue weighted by molar-refractivity contribution is 6.32. The summed E-state index contributed by atoms with van der Waals surface area (Å²) in [5, 5.41) is 0.387. The molecule has 3 rings (SSSR count). The van der Waals surface area contributed by atoms with Gasteiger partial charge in [0.05, 0.1) is 16.3 Å². The summed E-state index contributed by atoms with van der Waals surface area (Å²) in [5.74, 6) is -0.342. The average Bonchev–Trinajstić information content (AvgIpc) is 2.61. The van der Waals surface area contributed by atoms with Crippen LogP contribution in [-0.2, 0) is 0 Å². The molecular formula is C21H21ClFN. The fourth-order valence-electron chi connectivity index (χ4n) is 2.57. The summed E-state index contributed by atoms with van der Waals surface area (Å²) in [6.07, 6.45) is 3.87. The van der Waals surface area contributed by atoms with Crippen molar-refractivity contribution < 1.29 is 4.39 Å². The van der Waals surface area contributed by atoms with Crippen LogP contribution in [0.1, 0.15) is 25.0 Å². The summed E-state index contributed by atoms with van der Waals surface area (Å²) in [5.41, 5.74) is 3.83. The van der Waals surface area contributed by atoms with Crippen molar-refractivity contribution in [2.75, 3.05) is 7.05 Å². The van der Waals surface area contributed by atoms with Crippen molar-refractivity contribution in [3.05, 3.63) is 94.9 Å². The Hall–Kier alpha value is -2.32. The van der Waals surface area contributed by atoms with E-state index in [2.05, 4.69) is 6.58 Å². The van der Waals surface area contributed by atoms with Gasteiger partial charge in [0.25, 0.3) is 0 Å². The minimum atomic E-state index is -0.342. The van der Waals surface area contributed by atoms with Gasteiger partial charge in [0.15, 0.2) is 0 Å². The maximum Gasteiger partial charge on any atom is 0.134 e. The maximum atomic E-state index is 14.4. The average molecular weight is 342 g/mol. The summed E-state index contributed by atoms with van der Waals surface area (Å²) in [6, 6.07) is 14.6. The number of halogens is 2. The van der Waals surface area contributed by atoms with Gasteiger partial charge in [-0.05, 0) is 23.8 Å². The van der Waals surface area contributed by atoms with Crippen LogP contribution in [0, 0.1) is 5.82 Å². The second kappa shape index (κ2) is 7.98. The van der Waals surface area contributed by atoms with Crippen molar-refractivity contribution in [1.29, 1.82) is 0 Å². The predicted octanol–water partition coefficient (Wildman–Crippen LogP) is 6.39. The van der Waals surface area contributed by atoms with Crippen LogP contribution in [0.4, 0.5) is 4.39 Å². The lowest BCUT2D eigenvalue weighted by atomic mass is 9.95. The first-order valence-electron chi connectivity index (χ1n) is 7.94. The molecule has 0 spiro atoms. The molecule has 1 heterocycles. The number of benzene rings is 2. The fourth-order valence-corrected chi connectivity index (χ4v) is 2.82. The predicted molar refractivity (Wildman–Crippen MR) is 102 cm³/mol. The van der Waals surface area contributed by atoms with E-state index in [1.54, 1.807) is 12.1 Å². The fraction of sp³-hybridized carbons (Fsp3) is 0.143. The first-order chi connectivity index (χ1) is 11.6. The Bertz CT molecular complexity index is 770. The van der Waals surface area contributed by atoms with Crippen molar-refractivity contribution in [1.82, 2.24) is 4.90 Å². The molecular weight excluding hydrogens is 321 g/mol. The lowest BCUT2D eigenvalue weighted by molar-refractivity contribution is 0.588. The van der Waals surface area contributed by atoms with E-state index in [-0.39, 0.29) is 5.82 Å². The summed E-state index contributed by atoms with van der Waals surface area (Å²) >= 11 is 6.27. The minimum Gasteiger partial charge on any atom is -0.344 e. The Morgan fingerprint density at radius 1 is 0.958 bits per heavy atom. The lowest BCUT2D eigenvalue weighted by Gasteiger charge is -2.30. The number of hydrogen-bond donors (Lipinski definition) is 0. The molecule has 0 saturated heterocycles. The summed E-state index contributed by atoms with van der Waals surface area (Å²) in [7, 11) is 1.87. The van der Waals surface area contributed by atoms with Gasteiger partial charge in [0.2, 0.25) is 0 Å². The monoisotopic (exact) mass is 341 g/mol. The quantitative estimate of drug-likeness (QED) is 0.611. The van der Waals surface area contributed by atoms with E-state index in [1.165, 1.54) is 6.07 Å². The second-order valence-corrected chi connectivity index (χ2v) is 5.52. The summed E-state index contributed by atoms with van der Waals surface area (Å²) < 4.78 is 14.4. The largest absolute Gasteiger partial charge is 0.344 e. The lowest BCUT2D eigenvalue weighted by Crippen LogP contribution is -2.19. The molecule has 24 heavy (non-hydrogen) atoms. The van der Waals surface area contributed by atoms with E-state index in [0.29, 0.717) is 10.6 Å². The number of nitrogens with zero attached hydrogens (tertiary/aromatic N) is 1. The number of hydrogen-bond acceptors (Lipinski definition) is 1. The summed E-state index contributed by atoms with van der Waals surface area (Å²) in [4.78, 5) is 1.87. The van der Waals surface area contributed by atoms with E-state index in [1.807, 2.05) is 68.3 Å². The van der Waals surface area contributed by atoms with Crippen molar-refractivity contribution in [3.63, 3.8) is 0 Å². The zero-order valence-electron chi connectivity index (χ0n) is 14.2. The molecule has 0 fully saturated rings. The first-order valence-corrected chi connectivity index (χ1v) is 8.32. The normalized spacial score (nSPS) is 13.7. The standard InChI is InChI=1S/C19H15ClFN.C2H6/c1-13-11-12-15(14-7-4-3-5-8-14)19(22(13)2)18-16(20)9-6-10-17(18)21;1-2/h3-12H,1H2,2H3;1-2H3. The van der Waals surface area contributed by atoms with Crippen LogP contribution in [0.3, 0.4) is 0 Å². The Morgan fingerprint density at radius 3 is 2.25 bits per heavy atom. The van der Waals surface area contributed by atoms with Gasteiger partial charge >= 0.3 is 0 Å². The van der Waals surface area contributed by atoms with Crippen molar-refractivity contribution in [2.45, 2.75) is 13.8 Å². The molecule has 0 saturated carbocycles. The van der Waals surface area contributed by atoms with Gasteiger partial charge in [-0.1, -0.05) is 74.5 Å². The molecule has 0 bridgehead atoms. The molecule has 0 amide bonds. The third kappa shape index (κ3) is 3.44. The molecule has 0 aliphatic carbocycles. The van der Waals surface area contributed by atoms with Gasteiger partial charge in [-0.2, -0.15) is 0 Å². The minimum absolute atomic E-state index is 0.342. The van der Waals surface area contributed by atoms with Crippen LogP contribution in [0.25, 0.3) is 11.3 Å². The molecule has 0 aromatic heterocycles. The highest BCUT2D eigenvalue weighted by Gasteiger charge is 2.23. The third-order valence-electron chi connectivity index (χ3n) is 3.75. The molecule has 1 nitrogen and oxygen atoms in total. The molecule has 2 aromatic rings. The van der Waals surface area contributed by atoms with E-state index < -0.39 is 0 Å². The van der Waals surface area contributed by atoms with E-state index in [9.17, 15) is 4.39 Å². The Morgan fingerprint density at radius 2 is 1.62 bits per heavy atom. The van der Waals surface area contributed by atoms with E-state index in [4.69, 9.17) is 11.6 Å². The van der Waals surface area contributed by atoms with Crippen molar-refractivity contribution in [2.24, 2.45) is 0 Å². The second-order valence-electron chi connectivity index (χ2n) is 5.11. The van der Waals surface area contributed by atoms with Gasteiger partial charge < -0.3 is 4.90 Å². The van der Waals surface area contributed by atoms with Gasteiger partial charge in [0, 0.05) is 18.3 Å². The zero-order chi connectivity index (χ0) is 17.7. The molecule has 124 valence electrons. The Labute approximate surface area is 148 Å². The van der Waals surface area contributed by atoms with Crippen LogP contribution in [0.15, 0.2) is 73.0 Å². The first kappa shape index (κ1) is 18.0. The smallest absolute Gasteiger partial charge is 0.134 e. The molecule has 1 aliphatic heterocycles. The SMILES string of the molecule is C=C1C=CC(c2ccccc2)=C(c2c(F)cccc2Cl)N1C.CC. The van der Waals surface area contributed by atoms with E-state index in [0.717, 1.165) is 22.5 Å². The van der Waals surface area contributed by atoms with Crippen molar-refractivity contribution >= 4 is 22.9 Å². The van der Waals surface area contributed by atoms with Gasteiger partial charge in [0.1, 0.15) is 5.82 Å². The summed E-state index contributed by atoms with van der Waals surface area (Å²) in [6.45, 7) is 8.00. The molecule has 1 aliphatic rings. The number of likely N-dealkylation sites (N-methyl/N-ethyl adjacent to an activating group) is 1. The van der Waals surface area contributed by atoms with Crippen LogP contribution < -0.4 is 0 Å². The molecule has 0 atom stereocenters. The molecule has 0 radical (unpaired) electrons. The van der Waals surface area contributed by atoms with Crippen molar-refractivity contribution in [3.8, 4) is 0 Å². The van der Waals surface area contributed by atoms with Crippen LogP contribution >= 0.6 is 11.6 Å². The highest BCUT2D eigenvalue weighted by atomic mass is 35.5. The van der Waals surface area contributed by atoms with Gasteiger partial charge in [-0.15, -0.1) is 0 Å². The zero-order valence-corrected chi connectivity index (χ0v) is 14.9. The molecule has 0 N–H and O–H groups in total. The third-order valence-corrected chi connectivity index (χ3v) is 4.06. The Kier molecular flexibility index (Phi) is 5.99. The molecule has 0 unspecified atom stereocenters. The van der Waals surface area contributed by atoms with Crippen LogP contribution in [0.5, 0.6) is 0 Å². The van der Waals surface area contributed by atoms with Crippen LogP contribution in [-0.4, -0.2) is 11.9 Å². The van der Waals surface area contributed by atoms with Gasteiger partial charge in [-0.25, -0.2) is 4.39 Å². The topological polar surface area (TPSA) is 3.24 Å². The Balaban J connectivity index is 0.00000100. The van der Waals surface area contributed by atoms with Crippen LogP contribution in [0.2, 0.25) is 5.02 Å². The highest BCUT2D eigenvalue weighted by Crippen LogP contribution is 2.39.